The molecule has 0 aromatic rings. The number of aliphatic hydroxyl groups is 1. The zero-order valence-corrected chi connectivity index (χ0v) is 11.4. The summed E-state index contributed by atoms with van der Waals surface area (Å²) in [6.45, 7) is 5.76. The van der Waals surface area contributed by atoms with E-state index in [2.05, 4.69) is 5.32 Å². The van der Waals surface area contributed by atoms with Crippen LogP contribution in [0.1, 0.15) is 33.6 Å². The summed E-state index contributed by atoms with van der Waals surface area (Å²) >= 11 is 1.54. The molecule has 0 spiro atoms. The number of carbonyl (C=O) groups is 1. The molecule has 0 aliphatic carbocycles. The summed E-state index contributed by atoms with van der Waals surface area (Å²) in [7, 11) is 0. The lowest BCUT2D eigenvalue weighted by molar-refractivity contribution is -0.127. The van der Waals surface area contributed by atoms with E-state index in [0.29, 0.717) is 12.8 Å². The number of aliphatic hydroxyl groups excluding tert-OH is 1. The van der Waals surface area contributed by atoms with Crippen LogP contribution in [0.2, 0.25) is 0 Å². The first kappa shape index (κ1) is 15.7. The zero-order valence-electron chi connectivity index (χ0n) is 10.6. The molecule has 96 valence electrons. The highest BCUT2D eigenvalue weighted by Gasteiger charge is 2.31. The van der Waals surface area contributed by atoms with Gasteiger partial charge < -0.3 is 16.2 Å². The van der Waals surface area contributed by atoms with Crippen molar-refractivity contribution >= 4 is 17.7 Å². The van der Waals surface area contributed by atoms with Crippen LogP contribution in [0.4, 0.5) is 0 Å². The molecule has 0 aliphatic heterocycles. The topological polar surface area (TPSA) is 75.4 Å². The maximum atomic E-state index is 11.9. The molecule has 0 radical (unpaired) electrons. The summed E-state index contributed by atoms with van der Waals surface area (Å²) < 4.78 is 0. The van der Waals surface area contributed by atoms with Crippen LogP contribution in [0, 0.1) is 0 Å². The van der Waals surface area contributed by atoms with Crippen molar-refractivity contribution in [1.29, 1.82) is 0 Å². The highest BCUT2D eigenvalue weighted by Crippen LogP contribution is 2.14. The van der Waals surface area contributed by atoms with E-state index in [4.69, 9.17) is 10.8 Å². The SMILES string of the molecule is CCC(N)(CC)C(=O)NC(C)C(CO)SC. The third kappa shape index (κ3) is 3.96. The third-order valence-electron chi connectivity index (χ3n) is 3.11. The molecular formula is C11H24N2O2S. The van der Waals surface area contributed by atoms with Crippen LogP contribution in [0.5, 0.6) is 0 Å². The molecule has 0 aromatic carbocycles. The van der Waals surface area contributed by atoms with Crippen LogP contribution in [-0.2, 0) is 4.79 Å². The molecule has 2 atom stereocenters. The molecular weight excluding hydrogens is 224 g/mol. The quantitative estimate of drug-likeness (QED) is 0.621. The first-order chi connectivity index (χ1) is 7.45. The highest BCUT2D eigenvalue weighted by atomic mass is 32.2. The van der Waals surface area contributed by atoms with Crippen LogP contribution >= 0.6 is 11.8 Å². The Balaban J connectivity index is 4.43. The number of amides is 1. The van der Waals surface area contributed by atoms with Crippen molar-refractivity contribution in [3.8, 4) is 0 Å². The molecule has 5 heteroatoms. The van der Waals surface area contributed by atoms with Crippen molar-refractivity contribution in [3.63, 3.8) is 0 Å². The van der Waals surface area contributed by atoms with E-state index in [0.717, 1.165) is 0 Å². The minimum atomic E-state index is -0.785. The first-order valence-electron chi connectivity index (χ1n) is 5.68. The molecule has 1 amide bonds. The second kappa shape index (κ2) is 7.14. The van der Waals surface area contributed by atoms with Crippen molar-refractivity contribution in [3.05, 3.63) is 0 Å². The van der Waals surface area contributed by atoms with Crippen molar-refractivity contribution < 1.29 is 9.90 Å². The maximum Gasteiger partial charge on any atom is 0.240 e. The fourth-order valence-electron chi connectivity index (χ4n) is 1.45. The summed E-state index contributed by atoms with van der Waals surface area (Å²) in [4.78, 5) is 11.9. The Labute approximate surface area is 102 Å². The Morgan fingerprint density at radius 1 is 1.50 bits per heavy atom. The van der Waals surface area contributed by atoms with Gasteiger partial charge in [0.25, 0.3) is 0 Å². The van der Waals surface area contributed by atoms with Crippen molar-refractivity contribution in [2.75, 3.05) is 12.9 Å². The van der Waals surface area contributed by atoms with E-state index in [9.17, 15) is 4.79 Å². The van der Waals surface area contributed by atoms with E-state index in [-0.39, 0.29) is 23.8 Å². The van der Waals surface area contributed by atoms with Gasteiger partial charge in [0.1, 0.15) is 0 Å². The number of carbonyl (C=O) groups excluding carboxylic acids is 1. The average Bonchev–Trinajstić information content (AvgIpc) is 2.29. The summed E-state index contributed by atoms with van der Waals surface area (Å²) in [5.41, 5.74) is 5.21. The molecule has 0 bridgehead atoms. The van der Waals surface area contributed by atoms with Gasteiger partial charge in [-0.3, -0.25) is 4.79 Å². The van der Waals surface area contributed by atoms with Gasteiger partial charge in [-0.2, -0.15) is 11.8 Å². The number of rotatable bonds is 7. The van der Waals surface area contributed by atoms with Crippen LogP contribution in [0.3, 0.4) is 0 Å². The van der Waals surface area contributed by atoms with Crippen molar-refractivity contribution in [1.82, 2.24) is 5.32 Å². The van der Waals surface area contributed by atoms with Gasteiger partial charge in [0.05, 0.1) is 12.1 Å². The van der Waals surface area contributed by atoms with Gasteiger partial charge in [-0.1, -0.05) is 13.8 Å². The highest BCUT2D eigenvalue weighted by molar-refractivity contribution is 7.99. The van der Waals surface area contributed by atoms with Crippen LogP contribution < -0.4 is 11.1 Å². The lowest BCUT2D eigenvalue weighted by Crippen LogP contribution is -2.56. The van der Waals surface area contributed by atoms with Gasteiger partial charge in [0.15, 0.2) is 0 Å². The smallest absolute Gasteiger partial charge is 0.240 e. The third-order valence-corrected chi connectivity index (χ3v) is 4.28. The van der Waals surface area contributed by atoms with E-state index < -0.39 is 5.54 Å². The molecule has 16 heavy (non-hydrogen) atoms. The number of hydrogen-bond donors (Lipinski definition) is 3. The standard InChI is InChI=1S/C11H24N2O2S/c1-5-11(12,6-2)10(15)13-8(3)9(7-14)16-4/h8-9,14H,5-7,12H2,1-4H3,(H,13,15). The average molecular weight is 248 g/mol. The lowest BCUT2D eigenvalue weighted by atomic mass is 9.93. The molecule has 0 aliphatic rings. The van der Waals surface area contributed by atoms with E-state index in [1.54, 1.807) is 11.8 Å². The fraction of sp³-hybridized carbons (Fsp3) is 0.909. The van der Waals surface area contributed by atoms with E-state index in [1.165, 1.54) is 0 Å². The first-order valence-corrected chi connectivity index (χ1v) is 6.97. The van der Waals surface area contributed by atoms with Gasteiger partial charge in [-0.15, -0.1) is 0 Å². The van der Waals surface area contributed by atoms with Crippen LogP contribution in [0.25, 0.3) is 0 Å². The molecule has 0 saturated heterocycles. The van der Waals surface area contributed by atoms with Crippen molar-refractivity contribution in [2.45, 2.75) is 50.4 Å². The van der Waals surface area contributed by atoms with E-state index >= 15 is 0 Å². The maximum absolute atomic E-state index is 11.9. The number of nitrogens with two attached hydrogens (primary N) is 1. The van der Waals surface area contributed by atoms with Crippen molar-refractivity contribution in [2.24, 2.45) is 5.73 Å². The van der Waals surface area contributed by atoms with Gasteiger partial charge in [-0.05, 0) is 26.0 Å². The van der Waals surface area contributed by atoms with Crippen LogP contribution in [-0.4, -0.2) is 40.7 Å². The largest absolute Gasteiger partial charge is 0.395 e. The lowest BCUT2D eigenvalue weighted by Gasteiger charge is -2.29. The molecule has 4 N–H and O–H groups in total. The number of hydrogen-bond acceptors (Lipinski definition) is 4. The normalized spacial score (nSPS) is 15.6. The van der Waals surface area contributed by atoms with E-state index in [1.807, 2.05) is 27.0 Å². The fourth-order valence-corrected chi connectivity index (χ4v) is 2.08. The second-order valence-electron chi connectivity index (χ2n) is 4.08. The molecule has 0 heterocycles. The summed E-state index contributed by atoms with van der Waals surface area (Å²) in [6, 6.07) is -0.0754. The Morgan fingerprint density at radius 3 is 2.31 bits per heavy atom. The Kier molecular flexibility index (Phi) is 7.03. The van der Waals surface area contributed by atoms with Gasteiger partial charge >= 0.3 is 0 Å². The Bertz CT molecular complexity index is 216. The molecule has 0 rings (SSSR count). The molecule has 0 saturated carbocycles. The minimum Gasteiger partial charge on any atom is -0.395 e. The predicted octanol–water partition coefficient (Wildman–Crippen LogP) is 0.732. The number of nitrogens with one attached hydrogen (secondary N) is 1. The molecule has 0 fully saturated rings. The zero-order chi connectivity index (χ0) is 12.8. The van der Waals surface area contributed by atoms with Gasteiger partial charge in [-0.25, -0.2) is 0 Å². The molecule has 0 aromatic heterocycles. The Morgan fingerprint density at radius 2 is 2.00 bits per heavy atom. The molecule has 2 unspecified atom stereocenters. The Hall–Kier alpha value is -0.260. The van der Waals surface area contributed by atoms with Gasteiger partial charge in [0, 0.05) is 11.3 Å². The summed E-state index contributed by atoms with van der Waals surface area (Å²) in [6.07, 6.45) is 3.15. The summed E-state index contributed by atoms with van der Waals surface area (Å²) in [5, 5.41) is 12.0. The second-order valence-corrected chi connectivity index (χ2v) is 5.16. The predicted molar refractivity (Wildman–Crippen MR) is 69.5 cm³/mol. The van der Waals surface area contributed by atoms with Crippen LogP contribution in [0.15, 0.2) is 0 Å². The number of thioether (sulfide) groups is 1. The minimum absolute atomic E-state index is 0.0157. The molecule has 4 nitrogen and oxygen atoms in total. The van der Waals surface area contributed by atoms with Gasteiger partial charge in [0.2, 0.25) is 5.91 Å². The monoisotopic (exact) mass is 248 g/mol. The summed E-state index contributed by atoms with van der Waals surface area (Å²) in [5.74, 6) is -0.127.